The van der Waals surface area contributed by atoms with Crippen LogP contribution in [0.25, 0.3) is 0 Å². The maximum atomic E-state index is 12.8. The van der Waals surface area contributed by atoms with Crippen molar-refractivity contribution in [2.75, 3.05) is 19.6 Å². The summed E-state index contributed by atoms with van der Waals surface area (Å²) in [6.45, 7) is 8.69. The van der Waals surface area contributed by atoms with Crippen LogP contribution in [0.3, 0.4) is 0 Å². The standard InChI is InChI=1S/C19H29N3O2.ClH/c1-4-14(3)19(24)22-13-16-9-7-6-8-15(16)12-17(22)18(23)21-11-10-20-5-2;/h6-9,14,17,20H,4-5,10-13H2,1-3H3,(H,21,23);1H. The van der Waals surface area contributed by atoms with E-state index < -0.39 is 6.04 Å². The largest absolute Gasteiger partial charge is 0.353 e. The number of rotatable bonds is 7. The van der Waals surface area contributed by atoms with Crippen molar-refractivity contribution in [3.05, 3.63) is 35.4 Å². The van der Waals surface area contributed by atoms with Crippen LogP contribution in [0.5, 0.6) is 0 Å². The number of carbonyl (C=O) groups excluding carboxylic acids is 2. The highest BCUT2D eigenvalue weighted by atomic mass is 35.5. The molecule has 140 valence electrons. The van der Waals surface area contributed by atoms with Gasteiger partial charge in [0.2, 0.25) is 11.8 Å². The van der Waals surface area contributed by atoms with Gasteiger partial charge < -0.3 is 15.5 Å². The van der Waals surface area contributed by atoms with Gasteiger partial charge in [-0.1, -0.05) is 45.0 Å². The lowest BCUT2D eigenvalue weighted by atomic mass is 9.92. The van der Waals surface area contributed by atoms with Gasteiger partial charge in [-0.05, 0) is 24.1 Å². The third-order valence-electron chi connectivity index (χ3n) is 4.72. The first-order chi connectivity index (χ1) is 11.6. The summed E-state index contributed by atoms with van der Waals surface area (Å²) in [4.78, 5) is 27.2. The summed E-state index contributed by atoms with van der Waals surface area (Å²) in [5, 5.41) is 6.15. The minimum atomic E-state index is -0.414. The summed E-state index contributed by atoms with van der Waals surface area (Å²) in [6.07, 6.45) is 1.37. The van der Waals surface area contributed by atoms with Gasteiger partial charge in [-0.3, -0.25) is 9.59 Å². The molecule has 0 bridgehead atoms. The molecule has 2 amide bonds. The molecule has 0 saturated heterocycles. The van der Waals surface area contributed by atoms with Crippen molar-refractivity contribution in [1.82, 2.24) is 15.5 Å². The molecule has 2 rings (SSSR count). The monoisotopic (exact) mass is 367 g/mol. The zero-order chi connectivity index (χ0) is 17.5. The third-order valence-corrected chi connectivity index (χ3v) is 4.72. The fraction of sp³-hybridized carbons (Fsp3) is 0.579. The topological polar surface area (TPSA) is 61.4 Å². The van der Waals surface area contributed by atoms with Crippen molar-refractivity contribution in [3.8, 4) is 0 Å². The minimum Gasteiger partial charge on any atom is -0.353 e. The fourth-order valence-corrected chi connectivity index (χ4v) is 3.02. The molecule has 5 nitrogen and oxygen atoms in total. The normalized spacial score (nSPS) is 17.2. The number of benzene rings is 1. The second-order valence-electron chi connectivity index (χ2n) is 6.41. The zero-order valence-electron chi connectivity index (χ0n) is 15.4. The van der Waals surface area contributed by atoms with Crippen LogP contribution in [0.1, 0.15) is 38.3 Å². The highest BCUT2D eigenvalue weighted by molar-refractivity contribution is 5.89. The quantitative estimate of drug-likeness (QED) is 0.726. The summed E-state index contributed by atoms with van der Waals surface area (Å²) in [5.41, 5.74) is 2.31. The van der Waals surface area contributed by atoms with E-state index in [9.17, 15) is 9.59 Å². The maximum Gasteiger partial charge on any atom is 0.243 e. The number of likely N-dealkylation sites (N-methyl/N-ethyl adjacent to an activating group) is 1. The van der Waals surface area contributed by atoms with Crippen LogP contribution in [0, 0.1) is 5.92 Å². The first-order valence-electron chi connectivity index (χ1n) is 8.94. The lowest BCUT2D eigenvalue weighted by molar-refractivity contribution is -0.144. The smallest absolute Gasteiger partial charge is 0.243 e. The van der Waals surface area contributed by atoms with Crippen molar-refractivity contribution in [1.29, 1.82) is 0 Å². The van der Waals surface area contributed by atoms with Crippen molar-refractivity contribution in [2.45, 2.75) is 46.2 Å². The van der Waals surface area contributed by atoms with E-state index in [2.05, 4.69) is 16.7 Å². The van der Waals surface area contributed by atoms with E-state index in [1.54, 1.807) is 4.90 Å². The Morgan fingerprint density at radius 2 is 1.88 bits per heavy atom. The summed E-state index contributed by atoms with van der Waals surface area (Å²) in [5.74, 6) is -0.0507. The van der Waals surface area contributed by atoms with Gasteiger partial charge >= 0.3 is 0 Å². The van der Waals surface area contributed by atoms with E-state index in [4.69, 9.17) is 0 Å². The first-order valence-corrected chi connectivity index (χ1v) is 8.94. The summed E-state index contributed by atoms with van der Waals surface area (Å²) < 4.78 is 0. The van der Waals surface area contributed by atoms with E-state index in [0.717, 1.165) is 30.6 Å². The molecule has 2 N–H and O–H groups in total. The van der Waals surface area contributed by atoms with Crippen molar-refractivity contribution >= 4 is 24.2 Å². The van der Waals surface area contributed by atoms with E-state index in [1.165, 1.54) is 0 Å². The lowest BCUT2D eigenvalue weighted by Crippen LogP contribution is -2.54. The molecule has 2 unspecified atom stereocenters. The number of amides is 2. The van der Waals surface area contributed by atoms with Crippen LogP contribution in [0.2, 0.25) is 0 Å². The third kappa shape index (κ3) is 5.44. The number of nitrogens with one attached hydrogen (secondary N) is 2. The van der Waals surface area contributed by atoms with Gasteiger partial charge in [0.05, 0.1) is 0 Å². The SMILES string of the molecule is CCNCCNC(=O)C1Cc2ccccc2CN1C(=O)C(C)CC.Cl. The molecular weight excluding hydrogens is 338 g/mol. The Labute approximate surface area is 157 Å². The number of fused-ring (bicyclic) bond motifs is 1. The molecule has 0 spiro atoms. The van der Waals surface area contributed by atoms with Gasteiger partial charge in [0.25, 0.3) is 0 Å². The maximum absolute atomic E-state index is 12.8. The van der Waals surface area contributed by atoms with Crippen LogP contribution in [-0.4, -0.2) is 42.4 Å². The minimum absolute atomic E-state index is 0. The van der Waals surface area contributed by atoms with Crippen molar-refractivity contribution in [2.24, 2.45) is 5.92 Å². The van der Waals surface area contributed by atoms with Crippen molar-refractivity contribution < 1.29 is 9.59 Å². The Hall–Kier alpha value is -1.59. The summed E-state index contributed by atoms with van der Waals surface area (Å²) in [7, 11) is 0. The lowest BCUT2D eigenvalue weighted by Gasteiger charge is -2.37. The number of hydrogen-bond donors (Lipinski definition) is 2. The van der Waals surface area contributed by atoms with E-state index in [-0.39, 0.29) is 30.1 Å². The molecule has 6 heteroatoms. The van der Waals surface area contributed by atoms with Crippen molar-refractivity contribution in [3.63, 3.8) is 0 Å². The van der Waals surface area contributed by atoms with Gasteiger partial charge in [0.15, 0.2) is 0 Å². The van der Waals surface area contributed by atoms with E-state index in [1.807, 2.05) is 39.0 Å². The van der Waals surface area contributed by atoms with Crippen LogP contribution in [-0.2, 0) is 22.6 Å². The van der Waals surface area contributed by atoms with Gasteiger partial charge in [0, 0.05) is 32.0 Å². The first kappa shape index (κ1) is 21.5. The summed E-state index contributed by atoms with van der Waals surface area (Å²) >= 11 is 0. The molecule has 1 heterocycles. The Morgan fingerprint density at radius 1 is 1.20 bits per heavy atom. The summed E-state index contributed by atoms with van der Waals surface area (Å²) in [6, 6.07) is 7.67. The number of halogens is 1. The fourth-order valence-electron chi connectivity index (χ4n) is 3.02. The Morgan fingerprint density at radius 3 is 2.52 bits per heavy atom. The molecule has 1 aliphatic heterocycles. The molecule has 1 aromatic rings. The van der Waals surface area contributed by atoms with Gasteiger partial charge in [0.1, 0.15) is 6.04 Å². The Balaban J connectivity index is 0.00000312. The Bertz CT molecular complexity index is 580. The molecule has 0 aliphatic carbocycles. The van der Waals surface area contributed by atoms with E-state index >= 15 is 0 Å². The molecule has 0 radical (unpaired) electrons. The van der Waals surface area contributed by atoms with E-state index in [0.29, 0.717) is 19.5 Å². The number of hydrogen-bond acceptors (Lipinski definition) is 3. The molecular formula is C19H30ClN3O2. The van der Waals surface area contributed by atoms with Crippen LogP contribution >= 0.6 is 12.4 Å². The van der Waals surface area contributed by atoms with Crippen LogP contribution < -0.4 is 10.6 Å². The molecule has 1 aliphatic rings. The zero-order valence-corrected chi connectivity index (χ0v) is 16.2. The molecule has 0 aromatic heterocycles. The highest BCUT2D eigenvalue weighted by Crippen LogP contribution is 2.25. The number of carbonyl (C=O) groups is 2. The molecule has 0 saturated carbocycles. The van der Waals surface area contributed by atoms with Gasteiger partial charge in [-0.2, -0.15) is 0 Å². The number of nitrogens with zero attached hydrogens (tertiary/aromatic N) is 1. The molecule has 0 fully saturated rings. The average molecular weight is 368 g/mol. The van der Waals surface area contributed by atoms with Gasteiger partial charge in [-0.15, -0.1) is 12.4 Å². The Kier molecular flexibility index (Phi) is 8.93. The predicted octanol–water partition coefficient (Wildman–Crippen LogP) is 2.13. The molecule has 2 atom stereocenters. The second kappa shape index (κ2) is 10.4. The predicted molar refractivity (Wildman–Crippen MR) is 103 cm³/mol. The average Bonchev–Trinajstić information content (AvgIpc) is 2.62. The van der Waals surface area contributed by atoms with Gasteiger partial charge in [-0.25, -0.2) is 0 Å². The van der Waals surface area contributed by atoms with Crippen LogP contribution in [0.4, 0.5) is 0 Å². The molecule has 1 aromatic carbocycles. The second-order valence-corrected chi connectivity index (χ2v) is 6.41. The molecule has 25 heavy (non-hydrogen) atoms. The van der Waals surface area contributed by atoms with Crippen LogP contribution in [0.15, 0.2) is 24.3 Å². The highest BCUT2D eigenvalue weighted by Gasteiger charge is 2.35.